The average Bonchev–Trinajstić information content (AvgIpc) is 2.99. The van der Waals surface area contributed by atoms with Crippen LogP contribution in [0.25, 0.3) is 0 Å². The second-order valence-corrected chi connectivity index (χ2v) is 5.87. The molecule has 0 atom stereocenters. The summed E-state index contributed by atoms with van der Waals surface area (Å²) in [7, 11) is 1.62. The SMILES string of the molecule is COc1ccc(CCNC(=O)COC(=O)c2sccc2C)cc1. The van der Waals surface area contributed by atoms with Crippen LogP contribution in [0.1, 0.15) is 20.8 Å². The second-order valence-electron chi connectivity index (χ2n) is 4.96. The summed E-state index contributed by atoms with van der Waals surface area (Å²) in [6.45, 7) is 2.06. The summed E-state index contributed by atoms with van der Waals surface area (Å²) in [4.78, 5) is 24.0. The number of amides is 1. The van der Waals surface area contributed by atoms with E-state index in [1.807, 2.05) is 42.6 Å². The molecule has 1 N–H and O–H groups in total. The molecule has 23 heavy (non-hydrogen) atoms. The van der Waals surface area contributed by atoms with E-state index in [0.29, 0.717) is 17.8 Å². The van der Waals surface area contributed by atoms with Crippen molar-refractivity contribution in [3.8, 4) is 5.75 Å². The van der Waals surface area contributed by atoms with Crippen LogP contribution in [0.3, 0.4) is 0 Å². The maximum absolute atomic E-state index is 11.8. The number of rotatable bonds is 7. The first kappa shape index (κ1) is 17.0. The summed E-state index contributed by atoms with van der Waals surface area (Å²) in [5, 5.41) is 4.55. The zero-order valence-corrected chi connectivity index (χ0v) is 13.9. The summed E-state index contributed by atoms with van der Waals surface area (Å²) in [5.74, 6) is 0.0393. The van der Waals surface area contributed by atoms with E-state index in [9.17, 15) is 9.59 Å². The van der Waals surface area contributed by atoms with Gasteiger partial charge in [-0.15, -0.1) is 11.3 Å². The minimum absolute atomic E-state index is 0.265. The molecule has 0 bridgehead atoms. The Kier molecular flexibility index (Phi) is 6.17. The Morgan fingerprint density at radius 3 is 2.52 bits per heavy atom. The number of methoxy groups -OCH3 is 1. The quantitative estimate of drug-likeness (QED) is 0.791. The van der Waals surface area contributed by atoms with E-state index in [0.717, 1.165) is 16.9 Å². The largest absolute Gasteiger partial charge is 0.497 e. The Bertz CT molecular complexity index is 663. The molecule has 0 aliphatic heterocycles. The summed E-state index contributed by atoms with van der Waals surface area (Å²) in [6.07, 6.45) is 0.702. The highest BCUT2D eigenvalue weighted by Gasteiger charge is 2.13. The zero-order valence-electron chi connectivity index (χ0n) is 13.1. The van der Waals surface area contributed by atoms with Gasteiger partial charge in [-0.05, 0) is 48.1 Å². The van der Waals surface area contributed by atoms with Crippen LogP contribution in [0.5, 0.6) is 5.75 Å². The number of hydrogen-bond donors (Lipinski definition) is 1. The van der Waals surface area contributed by atoms with Gasteiger partial charge in [0.15, 0.2) is 6.61 Å². The Hall–Kier alpha value is -2.34. The fraction of sp³-hybridized carbons (Fsp3) is 0.294. The van der Waals surface area contributed by atoms with Crippen LogP contribution in [-0.4, -0.2) is 32.1 Å². The van der Waals surface area contributed by atoms with Crippen LogP contribution < -0.4 is 10.1 Å². The predicted octanol–water partition coefficient (Wildman–Crippen LogP) is 2.58. The molecule has 1 aromatic carbocycles. The highest BCUT2D eigenvalue weighted by Crippen LogP contribution is 2.16. The van der Waals surface area contributed by atoms with Crippen molar-refractivity contribution in [2.45, 2.75) is 13.3 Å². The van der Waals surface area contributed by atoms with Crippen molar-refractivity contribution in [3.63, 3.8) is 0 Å². The number of carbonyl (C=O) groups is 2. The molecule has 0 saturated carbocycles. The summed E-state index contributed by atoms with van der Waals surface area (Å²) in [6, 6.07) is 9.50. The highest BCUT2D eigenvalue weighted by molar-refractivity contribution is 7.12. The lowest BCUT2D eigenvalue weighted by Crippen LogP contribution is -2.30. The molecule has 0 aliphatic carbocycles. The van der Waals surface area contributed by atoms with Gasteiger partial charge in [-0.3, -0.25) is 4.79 Å². The first-order chi connectivity index (χ1) is 11.1. The van der Waals surface area contributed by atoms with E-state index in [1.165, 1.54) is 11.3 Å². The van der Waals surface area contributed by atoms with Crippen molar-refractivity contribution in [2.24, 2.45) is 0 Å². The first-order valence-corrected chi connectivity index (χ1v) is 8.09. The molecule has 122 valence electrons. The van der Waals surface area contributed by atoms with Crippen molar-refractivity contribution in [2.75, 3.05) is 20.3 Å². The van der Waals surface area contributed by atoms with Gasteiger partial charge < -0.3 is 14.8 Å². The Morgan fingerprint density at radius 2 is 1.91 bits per heavy atom. The number of thiophene rings is 1. The van der Waals surface area contributed by atoms with Gasteiger partial charge in [0.05, 0.1) is 7.11 Å². The van der Waals surface area contributed by atoms with Gasteiger partial charge in [-0.2, -0.15) is 0 Å². The highest BCUT2D eigenvalue weighted by atomic mass is 32.1. The fourth-order valence-electron chi connectivity index (χ4n) is 1.97. The van der Waals surface area contributed by atoms with Gasteiger partial charge in [-0.1, -0.05) is 12.1 Å². The number of benzene rings is 1. The molecule has 0 spiro atoms. The van der Waals surface area contributed by atoms with E-state index in [2.05, 4.69) is 5.32 Å². The molecule has 5 nitrogen and oxygen atoms in total. The van der Waals surface area contributed by atoms with E-state index >= 15 is 0 Å². The molecule has 0 fully saturated rings. The Morgan fingerprint density at radius 1 is 1.17 bits per heavy atom. The third-order valence-electron chi connectivity index (χ3n) is 3.28. The second kappa shape index (κ2) is 8.33. The fourth-order valence-corrected chi connectivity index (χ4v) is 2.79. The number of nitrogens with one attached hydrogen (secondary N) is 1. The molecule has 0 radical (unpaired) electrons. The smallest absolute Gasteiger partial charge is 0.349 e. The minimum Gasteiger partial charge on any atom is -0.497 e. The Balaban J connectivity index is 1.68. The number of aryl methyl sites for hydroxylation is 1. The third-order valence-corrected chi connectivity index (χ3v) is 4.27. The Labute approximate surface area is 139 Å². The van der Waals surface area contributed by atoms with Crippen molar-refractivity contribution < 1.29 is 19.1 Å². The maximum atomic E-state index is 11.8. The van der Waals surface area contributed by atoms with Crippen molar-refractivity contribution >= 4 is 23.2 Å². The van der Waals surface area contributed by atoms with Gasteiger partial charge in [0.25, 0.3) is 5.91 Å². The topological polar surface area (TPSA) is 64.6 Å². The van der Waals surface area contributed by atoms with Crippen LogP contribution in [0, 0.1) is 6.92 Å². The first-order valence-electron chi connectivity index (χ1n) is 7.21. The molecule has 2 aromatic rings. The van der Waals surface area contributed by atoms with Crippen LogP contribution in [0.15, 0.2) is 35.7 Å². The molecular weight excluding hydrogens is 314 g/mol. The van der Waals surface area contributed by atoms with Gasteiger partial charge in [0.2, 0.25) is 0 Å². The number of ether oxygens (including phenoxy) is 2. The molecule has 2 rings (SSSR count). The molecule has 0 saturated heterocycles. The number of hydrogen-bond acceptors (Lipinski definition) is 5. The summed E-state index contributed by atoms with van der Waals surface area (Å²) >= 11 is 1.31. The van der Waals surface area contributed by atoms with Crippen LogP contribution >= 0.6 is 11.3 Å². The molecular formula is C17H19NO4S. The normalized spacial score (nSPS) is 10.2. The average molecular weight is 333 g/mol. The maximum Gasteiger partial charge on any atom is 0.349 e. The van der Waals surface area contributed by atoms with E-state index in [-0.39, 0.29) is 12.5 Å². The third kappa shape index (κ3) is 5.10. The van der Waals surface area contributed by atoms with Gasteiger partial charge in [0, 0.05) is 6.54 Å². The number of esters is 1. The zero-order chi connectivity index (χ0) is 16.7. The molecule has 1 heterocycles. The molecule has 6 heteroatoms. The van der Waals surface area contributed by atoms with Gasteiger partial charge in [0.1, 0.15) is 10.6 Å². The van der Waals surface area contributed by atoms with Crippen LogP contribution in [0.2, 0.25) is 0 Å². The minimum atomic E-state index is -0.456. The summed E-state index contributed by atoms with van der Waals surface area (Å²) < 4.78 is 10.1. The standard InChI is InChI=1S/C17H19NO4S/c1-12-8-10-23-16(12)17(20)22-11-15(19)18-9-7-13-3-5-14(21-2)6-4-13/h3-6,8,10H,7,9,11H2,1-2H3,(H,18,19). The molecule has 1 aromatic heterocycles. The predicted molar refractivity (Wildman–Crippen MR) is 89.0 cm³/mol. The van der Waals surface area contributed by atoms with Crippen molar-refractivity contribution in [3.05, 3.63) is 51.7 Å². The lowest BCUT2D eigenvalue weighted by Gasteiger charge is -2.07. The van der Waals surface area contributed by atoms with E-state index in [1.54, 1.807) is 7.11 Å². The molecule has 1 amide bonds. The van der Waals surface area contributed by atoms with Gasteiger partial charge >= 0.3 is 5.97 Å². The lowest BCUT2D eigenvalue weighted by molar-refractivity contribution is -0.124. The molecule has 0 unspecified atom stereocenters. The van der Waals surface area contributed by atoms with Gasteiger partial charge in [-0.25, -0.2) is 4.79 Å². The number of carbonyl (C=O) groups excluding carboxylic acids is 2. The molecule has 0 aliphatic rings. The summed E-state index contributed by atoms with van der Waals surface area (Å²) in [5.41, 5.74) is 1.96. The monoisotopic (exact) mass is 333 g/mol. The van der Waals surface area contributed by atoms with Crippen molar-refractivity contribution in [1.82, 2.24) is 5.32 Å². The van der Waals surface area contributed by atoms with Crippen LogP contribution in [0.4, 0.5) is 0 Å². The lowest BCUT2D eigenvalue weighted by atomic mass is 10.1. The van der Waals surface area contributed by atoms with E-state index < -0.39 is 5.97 Å². The van der Waals surface area contributed by atoms with Crippen molar-refractivity contribution in [1.29, 1.82) is 0 Å². The van der Waals surface area contributed by atoms with E-state index in [4.69, 9.17) is 9.47 Å². The van der Waals surface area contributed by atoms with Crippen LogP contribution in [-0.2, 0) is 16.0 Å².